The molecule has 0 bridgehead atoms. The summed E-state index contributed by atoms with van der Waals surface area (Å²) in [5, 5.41) is 0.643. The van der Waals surface area contributed by atoms with Gasteiger partial charge in [-0.25, -0.2) is 4.98 Å². The molecule has 0 N–H and O–H groups in total. The maximum absolute atomic E-state index is 12.0. The van der Waals surface area contributed by atoms with Gasteiger partial charge in [0.2, 0.25) is 0 Å². The lowest BCUT2D eigenvalue weighted by atomic mass is 10.1. The zero-order valence-electron chi connectivity index (χ0n) is 10.3. The number of halogens is 1. The Bertz CT molecular complexity index is 548. The number of carbonyl (C=O) groups excluding carboxylic acids is 1. The van der Waals surface area contributed by atoms with Crippen LogP contribution in [-0.4, -0.2) is 15.3 Å². The number of carbonyl (C=O) groups is 1. The molecule has 0 aliphatic rings. The molecule has 0 radical (unpaired) electrons. The van der Waals surface area contributed by atoms with E-state index >= 15 is 0 Å². The molecule has 0 atom stereocenters. The molecule has 2 aromatic rings. The zero-order chi connectivity index (χ0) is 13.0. The molecule has 0 aliphatic carbocycles. The van der Waals surface area contributed by atoms with Crippen molar-refractivity contribution in [3.8, 4) is 0 Å². The zero-order valence-corrected chi connectivity index (χ0v) is 11.0. The quantitative estimate of drug-likeness (QED) is 0.830. The van der Waals surface area contributed by atoms with Crippen molar-refractivity contribution in [3.05, 3.63) is 53.1 Å². The lowest BCUT2D eigenvalue weighted by molar-refractivity contribution is -0.117. The third-order valence-electron chi connectivity index (χ3n) is 2.84. The summed E-state index contributed by atoms with van der Waals surface area (Å²) in [6.45, 7) is 2.86. The van der Waals surface area contributed by atoms with Gasteiger partial charge in [-0.3, -0.25) is 4.79 Å². The monoisotopic (exact) mass is 262 g/mol. The van der Waals surface area contributed by atoms with E-state index in [-0.39, 0.29) is 5.78 Å². The fourth-order valence-electron chi connectivity index (χ4n) is 1.89. The van der Waals surface area contributed by atoms with Crippen molar-refractivity contribution in [1.29, 1.82) is 0 Å². The molecule has 94 valence electrons. The largest absolute Gasteiger partial charge is 0.335 e. The average molecular weight is 263 g/mol. The third kappa shape index (κ3) is 2.99. The Labute approximate surface area is 111 Å². The van der Waals surface area contributed by atoms with E-state index in [1.54, 1.807) is 12.3 Å². The average Bonchev–Trinajstić information content (AvgIpc) is 2.79. The van der Waals surface area contributed by atoms with Gasteiger partial charge in [0.25, 0.3) is 0 Å². The molecule has 1 heterocycles. The smallest absolute Gasteiger partial charge is 0.144 e. The van der Waals surface area contributed by atoms with Gasteiger partial charge in [0.05, 0.1) is 6.42 Å². The van der Waals surface area contributed by atoms with Crippen LogP contribution in [0.1, 0.15) is 18.3 Å². The summed E-state index contributed by atoms with van der Waals surface area (Å²) in [6, 6.07) is 7.44. The molecule has 18 heavy (non-hydrogen) atoms. The minimum Gasteiger partial charge on any atom is -0.335 e. The Balaban J connectivity index is 2.04. The van der Waals surface area contributed by atoms with E-state index < -0.39 is 0 Å². The Morgan fingerprint density at radius 1 is 1.33 bits per heavy atom. The van der Waals surface area contributed by atoms with Crippen molar-refractivity contribution in [3.63, 3.8) is 0 Å². The maximum atomic E-state index is 12.0. The minimum atomic E-state index is 0.129. The molecule has 0 saturated heterocycles. The molecule has 0 unspecified atom stereocenters. The van der Waals surface area contributed by atoms with Gasteiger partial charge >= 0.3 is 0 Å². The standard InChI is InChI=1S/C14H15ClN2O/c1-2-17-8-7-16-14(17)10-12(18)9-11-5-3-4-6-13(11)15/h3-8H,2,9-10H2,1H3. The molecule has 0 saturated carbocycles. The van der Waals surface area contributed by atoms with E-state index in [0.717, 1.165) is 17.9 Å². The van der Waals surface area contributed by atoms with Crippen LogP contribution in [0.25, 0.3) is 0 Å². The van der Waals surface area contributed by atoms with Gasteiger partial charge in [0.1, 0.15) is 11.6 Å². The normalized spacial score (nSPS) is 10.6. The van der Waals surface area contributed by atoms with Crippen LogP contribution in [0.2, 0.25) is 5.02 Å². The minimum absolute atomic E-state index is 0.129. The highest BCUT2D eigenvalue weighted by molar-refractivity contribution is 6.31. The highest BCUT2D eigenvalue weighted by atomic mass is 35.5. The molecule has 4 heteroatoms. The lowest BCUT2D eigenvalue weighted by Gasteiger charge is -2.05. The molecular weight excluding hydrogens is 248 g/mol. The van der Waals surface area contributed by atoms with Gasteiger partial charge < -0.3 is 4.57 Å². The summed E-state index contributed by atoms with van der Waals surface area (Å²) >= 11 is 6.04. The fourth-order valence-corrected chi connectivity index (χ4v) is 2.09. The number of aryl methyl sites for hydroxylation is 1. The van der Waals surface area contributed by atoms with Crippen LogP contribution in [-0.2, 0) is 24.2 Å². The topological polar surface area (TPSA) is 34.9 Å². The second-order valence-electron chi connectivity index (χ2n) is 4.11. The first-order valence-corrected chi connectivity index (χ1v) is 6.33. The number of nitrogens with zero attached hydrogens (tertiary/aromatic N) is 2. The van der Waals surface area contributed by atoms with Gasteiger partial charge in [-0.05, 0) is 18.6 Å². The SMILES string of the molecule is CCn1ccnc1CC(=O)Cc1ccccc1Cl. The van der Waals surface area contributed by atoms with Crippen molar-refractivity contribution in [1.82, 2.24) is 9.55 Å². The Hall–Kier alpha value is -1.61. The lowest BCUT2D eigenvalue weighted by Crippen LogP contribution is -2.11. The van der Waals surface area contributed by atoms with E-state index in [4.69, 9.17) is 11.6 Å². The molecule has 1 aromatic carbocycles. The number of ketones is 1. The van der Waals surface area contributed by atoms with E-state index in [1.165, 1.54) is 0 Å². The van der Waals surface area contributed by atoms with Gasteiger partial charge in [0.15, 0.2) is 0 Å². The second-order valence-corrected chi connectivity index (χ2v) is 4.52. The summed E-state index contributed by atoms with van der Waals surface area (Å²) < 4.78 is 1.98. The Morgan fingerprint density at radius 3 is 2.83 bits per heavy atom. The predicted octanol–water partition coefficient (Wildman–Crippen LogP) is 2.91. The van der Waals surface area contributed by atoms with Gasteiger partial charge in [-0.1, -0.05) is 29.8 Å². The van der Waals surface area contributed by atoms with Crippen LogP contribution in [0.4, 0.5) is 0 Å². The van der Waals surface area contributed by atoms with Gasteiger partial charge in [0, 0.05) is 30.4 Å². The first-order chi connectivity index (χ1) is 8.70. The molecule has 3 nitrogen and oxygen atoms in total. The van der Waals surface area contributed by atoms with E-state index in [2.05, 4.69) is 4.98 Å². The van der Waals surface area contributed by atoms with Crippen LogP contribution in [0.3, 0.4) is 0 Å². The van der Waals surface area contributed by atoms with Crippen LogP contribution in [0, 0.1) is 0 Å². The summed E-state index contributed by atoms with van der Waals surface area (Å²) in [4.78, 5) is 16.2. The second kappa shape index (κ2) is 5.83. The number of imidazole rings is 1. The third-order valence-corrected chi connectivity index (χ3v) is 3.21. The number of rotatable bonds is 5. The van der Waals surface area contributed by atoms with E-state index in [0.29, 0.717) is 17.9 Å². The van der Waals surface area contributed by atoms with Crippen molar-refractivity contribution in [2.45, 2.75) is 26.3 Å². The first kappa shape index (κ1) is 12.8. The number of aromatic nitrogens is 2. The predicted molar refractivity (Wildman–Crippen MR) is 71.8 cm³/mol. The molecule has 1 aromatic heterocycles. The summed E-state index contributed by atoms with van der Waals surface area (Å²) in [5.41, 5.74) is 0.874. The molecule has 0 spiro atoms. The van der Waals surface area contributed by atoms with Crippen LogP contribution >= 0.6 is 11.6 Å². The molecule has 0 amide bonds. The molecular formula is C14H15ClN2O. The van der Waals surface area contributed by atoms with E-state index in [1.807, 2.05) is 35.9 Å². The Morgan fingerprint density at radius 2 is 2.11 bits per heavy atom. The van der Waals surface area contributed by atoms with Crippen molar-refractivity contribution in [2.24, 2.45) is 0 Å². The fraction of sp³-hybridized carbons (Fsp3) is 0.286. The van der Waals surface area contributed by atoms with Crippen LogP contribution in [0.15, 0.2) is 36.7 Å². The first-order valence-electron chi connectivity index (χ1n) is 5.95. The van der Waals surface area contributed by atoms with Crippen LogP contribution < -0.4 is 0 Å². The highest BCUT2D eigenvalue weighted by Gasteiger charge is 2.10. The molecule has 2 rings (SSSR count). The summed E-state index contributed by atoms with van der Waals surface area (Å²) in [6.07, 6.45) is 4.32. The van der Waals surface area contributed by atoms with Crippen molar-refractivity contribution >= 4 is 17.4 Å². The number of hydrogen-bond acceptors (Lipinski definition) is 2. The van der Waals surface area contributed by atoms with E-state index in [9.17, 15) is 4.79 Å². The highest BCUT2D eigenvalue weighted by Crippen LogP contribution is 2.16. The van der Waals surface area contributed by atoms with Crippen LogP contribution in [0.5, 0.6) is 0 Å². The summed E-state index contributed by atoms with van der Waals surface area (Å²) in [5.74, 6) is 0.943. The number of benzene rings is 1. The summed E-state index contributed by atoms with van der Waals surface area (Å²) in [7, 11) is 0. The number of hydrogen-bond donors (Lipinski definition) is 0. The van der Waals surface area contributed by atoms with Crippen molar-refractivity contribution in [2.75, 3.05) is 0 Å². The number of Topliss-reactive ketones (excluding diaryl/α,β-unsaturated/α-hetero) is 1. The molecule has 0 aliphatic heterocycles. The van der Waals surface area contributed by atoms with Gasteiger partial charge in [-0.2, -0.15) is 0 Å². The molecule has 0 fully saturated rings. The maximum Gasteiger partial charge on any atom is 0.144 e. The van der Waals surface area contributed by atoms with Gasteiger partial charge in [-0.15, -0.1) is 0 Å². The Kier molecular flexibility index (Phi) is 4.15. The van der Waals surface area contributed by atoms with Crippen molar-refractivity contribution < 1.29 is 4.79 Å².